The number of benzene rings is 2. The van der Waals surface area contributed by atoms with Crippen molar-refractivity contribution in [3.8, 4) is 11.3 Å². The van der Waals surface area contributed by atoms with Gasteiger partial charge in [0.1, 0.15) is 0 Å². The van der Waals surface area contributed by atoms with Crippen LogP contribution in [0.4, 0.5) is 0 Å². The third kappa shape index (κ3) is 4.39. The van der Waals surface area contributed by atoms with Gasteiger partial charge in [-0.3, -0.25) is 4.79 Å². The number of hydrogen-bond donors (Lipinski definition) is 0. The summed E-state index contributed by atoms with van der Waals surface area (Å²) in [4.78, 5) is 31.4. The molecule has 1 amide bonds. The van der Waals surface area contributed by atoms with Crippen LogP contribution in [0, 0.1) is 0 Å². The maximum atomic E-state index is 12.8. The van der Waals surface area contributed by atoms with Crippen LogP contribution in [0.1, 0.15) is 10.4 Å². The quantitative estimate of drug-likeness (QED) is 0.615. The average molecular weight is 411 g/mol. The summed E-state index contributed by atoms with van der Waals surface area (Å²) in [6.07, 6.45) is 0. The lowest BCUT2D eigenvalue weighted by Gasteiger charge is -2.26. The predicted molar refractivity (Wildman–Crippen MR) is 110 cm³/mol. The molecule has 3 aromatic rings. The summed E-state index contributed by atoms with van der Waals surface area (Å²) in [5, 5.41) is 1.30. The van der Waals surface area contributed by atoms with Crippen LogP contribution in [0.25, 0.3) is 22.2 Å². The first-order chi connectivity index (χ1) is 14.1. The van der Waals surface area contributed by atoms with E-state index in [1.54, 1.807) is 23.1 Å². The highest BCUT2D eigenvalue weighted by Gasteiger charge is 2.20. The molecule has 0 radical (unpaired) electrons. The molecule has 2 aromatic carbocycles. The van der Waals surface area contributed by atoms with Crippen LogP contribution < -0.4 is 0 Å². The predicted octanol–water partition coefficient (Wildman–Crippen LogP) is 3.57. The summed E-state index contributed by atoms with van der Waals surface area (Å²) in [5.74, 6) is -0.779. The second-order valence-corrected chi connectivity index (χ2v) is 7.08. The van der Waals surface area contributed by atoms with Crippen molar-refractivity contribution >= 4 is 34.4 Å². The Kier molecular flexibility index (Phi) is 5.74. The number of ether oxygens (including phenoxy) is 2. The van der Waals surface area contributed by atoms with Gasteiger partial charge in [-0.15, -0.1) is 0 Å². The van der Waals surface area contributed by atoms with Crippen LogP contribution in [0.15, 0.2) is 54.6 Å². The third-order valence-electron chi connectivity index (χ3n) is 4.77. The third-order valence-corrected chi connectivity index (χ3v) is 5.02. The Bertz CT molecular complexity index is 1050. The Morgan fingerprint density at radius 2 is 1.79 bits per heavy atom. The molecule has 148 valence electrons. The van der Waals surface area contributed by atoms with E-state index in [0.29, 0.717) is 53.5 Å². The van der Waals surface area contributed by atoms with Crippen LogP contribution in [0.2, 0.25) is 5.02 Å². The Balaban J connectivity index is 1.60. The number of morpholine rings is 1. The number of amides is 1. The van der Waals surface area contributed by atoms with Crippen molar-refractivity contribution in [1.82, 2.24) is 9.88 Å². The summed E-state index contributed by atoms with van der Waals surface area (Å²) < 4.78 is 10.6. The molecule has 1 aliphatic rings. The fourth-order valence-corrected chi connectivity index (χ4v) is 3.35. The van der Waals surface area contributed by atoms with Gasteiger partial charge in [-0.25, -0.2) is 9.78 Å². The van der Waals surface area contributed by atoms with Crippen LogP contribution in [-0.2, 0) is 14.3 Å². The van der Waals surface area contributed by atoms with Crippen LogP contribution in [0.3, 0.4) is 0 Å². The highest BCUT2D eigenvalue weighted by Crippen LogP contribution is 2.26. The zero-order valence-electron chi connectivity index (χ0n) is 15.6. The Morgan fingerprint density at radius 3 is 2.55 bits per heavy atom. The highest BCUT2D eigenvalue weighted by atomic mass is 35.5. The van der Waals surface area contributed by atoms with Crippen LogP contribution in [-0.4, -0.2) is 54.7 Å². The normalized spacial score (nSPS) is 14.0. The second kappa shape index (κ2) is 8.59. The van der Waals surface area contributed by atoms with Crippen molar-refractivity contribution in [1.29, 1.82) is 0 Å². The fraction of sp³-hybridized carbons (Fsp3) is 0.227. The monoisotopic (exact) mass is 410 g/mol. The second-order valence-electron chi connectivity index (χ2n) is 6.65. The molecule has 2 heterocycles. The van der Waals surface area contributed by atoms with E-state index in [1.165, 1.54) is 0 Å². The van der Waals surface area contributed by atoms with E-state index < -0.39 is 5.97 Å². The number of carbonyl (C=O) groups is 2. The maximum absolute atomic E-state index is 12.8. The number of hydrogen-bond acceptors (Lipinski definition) is 5. The summed E-state index contributed by atoms with van der Waals surface area (Å²) >= 11 is 5.97. The van der Waals surface area contributed by atoms with Gasteiger partial charge < -0.3 is 14.4 Å². The van der Waals surface area contributed by atoms with Crippen molar-refractivity contribution in [2.45, 2.75) is 0 Å². The molecule has 0 aliphatic carbocycles. The van der Waals surface area contributed by atoms with E-state index in [1.807, 2.05) is 36.4 Å². The number of esters is 1. The molecule has 6 nitrogen and oxygen atoms in total. The summed E-state index contributed by atoms with van der Waals surface area (Å²) in [6.45, 7) is 1.72. The number of carbonyl (C=O) groups excluding carboxylic acids is 2. The van der Waals surface area contributed by atoms with Crippen molar-refractivity contribution in [2.75, 3.05) is 32.9 Å². The Labute approximate surface area is 173 Å². The molecular formula is C22H19ClN2O4. The van der Waals surface area contributed by atoms with E-state index in [2.05, 4.69) is 4.98 Å². The number of halogens is 1. The van der Waals surface area contributed by atoms with Gasteiger partial charge in [0.05, 0.1) is 30.0 Å². The van der Waals surface area contributed by atoms with Gasteiger partial charge in [0.25, 0.3) is 5.91 Å². The molecule has 0 saturated carbocycles. The first kappa shape index (κ1) is 19.4. The molecule has 1 saturated heterocycles. The molecule has 7 heteroatoms. The fourth-order valence-electron chi connectivity index (χ4n) is 3.22. The molecule has 0 atom stereocenters. The average Bonchev–Trinajstić information content (AvgIpc) is 2.77. The number of nitrogens with zero attached hydrogens (tertiary/aromatic N) is 2. The summed E-state index contributed by atoms with van der Waals surface area (Å²) in [5.41, 5.74) is 2.51. The first-order valence-electron chi connectivity index (χ1n) is 9.30. The van der Waals surface area contributed by atoms with Crippen molar-refractivity contribution in [3.05, 3.63) is 65.2 Å². The minimum atomic E-state index is -0.555. The molecule has 29 heavy (non-hydrogen) atoms. The standard InChI is InChI=1S/C22H19ClN2O4/c23-16-7-5-15(6-8-16)20-13-18(17-3-1-2-4-19(17)24-20)22(27)29-14-21(26)25-9-11-28-12-10-25/h1-8,13H,9-12,14H2. The molecule has 1 fully saturated rings. The van der Waals surface area contributed by atoms with Gasteiger partial charge in [-0.1, -0.05) is 41.9 Å². The molecule has 4 rings (SSSR count). The number of pyridine rings is 1. The number of rotatable bonds is 4. The number of aromatic nitrogens is 1. The highest BCUT2D eigenvalue weighted by molar-refractivity contribution is 6.30. The summed E-state index contributed by atoms with van der Waals surface area (Å²) in [6, 6.07) is 16.3. The van der Waals surface area contributed by atoms with Gasteiger partial charge in [0.15, 0.2) is 6.61 Å². The van der Waals surface area contributed by atoms with Crippen LogP contribution >= 0.6 is 11.6 Å². The Hall–Kier alpha value is -2.96. The smallest absolute Gasteiger partial charge is 0.339 e. The molecule has 0 bridgehead atoms. The van der Waals surface area contributed by atoms with Gasteiger partial charge in [0.2, 0.25) is 0 Å². The number of fused-ring (bicyclic) bond motifs is 1. The van der Waals surface area contributed by atoms with Gasteiger partial charge in [-0.2, -0.15) is 0 Å². The molecule has 1 aromatic heterocycles. The van der Waals surface area contributed by atoms with E-state index in [9.17, 15) is 9.59 Å². The lowest BCUT2D eigenvalue weighted by molar-refractivity contribution is -0.138. The zero-order chi connectivity index (χ0) is 20.2. The van der Waals surface area contributed by atoms with Crippen molar-refractivity contribution in [2.24, 2.45) is 0 Å². The molecular weight excluding hydrogens is 392 g/mol. The lowest BCUT2D eigenvalue weighted by atomic mass is 10.0. The SMILES string of the molecule is O=C(OCC(=O)N1CCOCC1)c1cc(-c2ccc(Cl)cc2)nc2ccccc12. The largest absolute Gasteiger partial charge is 0.452 e. The zero-order valence-corrected chi connectivity index (χ0v) is 16.4. The topological polar surface area (TPSA) is 68.7 Å². The van der Waals surface area contributed by atoms with Crippen molar-refractivity contribution in [3.63, 3.8) is 0 Å². The van der Waals surface area contributed by atoms with Gasteiger partial charge in [0, 0.05) is 29.1 Å². The van der Waals surface area contributed by atoms with Crippen molar-refractivity contribution < 1.29 is 19.1 Å². The van der Waals surface area contributed by atoms with E-state index in [-0.39, 0.29) is 12.5 Å². The van der Waals surface area contributed by atoms with Crippen LogP contribution in [0.5, 0.6) is 0 Å². The first-order valence-corrected chi connectivity index (χ1v) is 9.68. The van der Waals surface area contributed by atoms with E-state index in [4.69, 9.17) is 21.1 Å². The minimum Gasteiger partial charge on any atom is -0.452 e. The lowest BCUT2D eigenvalue weighted by Crippen LogP contribution is -2.42. The number of para-hydroxylation sites is 1. The van der Waals surface area contributed by atoms with Gasteiger partial charge in [-0.05, 0) is 24.3 Å². The molecule has 0 spiro atoms. The molecule has 1 aliphatic heterocycles. The van der Waals surface area contributed by atoms with E-state index in [0.717, 1.165) is 5.56 Å². The molecule has 0 N–H and O–H groups in total. The minimum absolute atomic E-state index is 0.224. The van der Waals surface area contributed by atoms with E-state index >= 15 is 0 Å². The maximum Gasteiger partial charge on any atom is 0.339 e. The Morgan fingerprint density at radius 1 is 1.07 bits per heavy atom. The summed E-state index contributed by atoms with van der Waals surface area (Å²) in [7, 11) is 0. The molecule has 0 unspecified atom stereocenters. The van der Waals surface area contributed by atoms with Gasteiger partial charge >= 0.3 is 5.97 Å².